The molecule has 4 heteroatoms. The minimum absolute atomic E-state index is 0.299. The summed E-state index contributed by atoms with van der Waals surface area (Å²) >= 11 is 3.41. The Kier molecular flexibility index (Phi) is 4.50. The van der Waals surface area contributed by atoms with E-state index in [1.54, 1.807) is 6.08 Å². The highest BCUT2D eigenvalue weighted by molar-refractivity contribution is 9.10. The first kappa shape index (κ1) is 16.5. The molecule has 0 aromatic heterocycles. The highest BCUT2D eigenvalue weighted by Crippen LogP contribution is 2.23. The van der Waals surface area contributed by atoms with E-state index in [0.29, 0.717) is 11.6 Å². The lowest BCUT2D eigenvalue weighted by Crippen LogP contribution is -2.05. The van der Waals surface area contributed by atoms with Crippen molar-refractivity contribution in [3.63, 3.8) is 0 Å². The molecule has 0 saturated carbocycles. The molecule has 4 rings (SSSR count). The quantitative estimate of drug-likeness (QED) is 0.430. The van der Waals surface area contributed by atoms with Crippen LogP contribution in [0.1, 0.15) is 11.1 Å². The van der Waals surface area contributed by atoms with Gasteiger partial charge in [-0.2, -0.15) is 0 Å². The van der Waals surface area contributed by atoms with Gasteiger partial charge in [0.1, 0.15) is 0 Å². The first-order valence-electron chi connectivity index (χ1n) is 8.13. The third-order valence-corrected chi connectivity index (χ3v) is 4.51. The fourth-order valence-corrected chi connectivity index (χ4v) is 3.11. The molecule has 0 unspecified atom stereocenters. The zero-order valence-electron chi connectivity index (χ0n) is 13.7. The molecular weight excluding hydrogens is 390 g/mol. The molecule has 0 N–H and O–H groups in total. The number of hydrogen-bond acceptors (Lipinski definition) is 3. The second-order valence-corrected chi connectivity index (χ2v) is 6.75. The van der Waals surface area contributed by atoms with Crippen LogP contribution in [0.4, 0.5) is 0 Å². The summed E-state index contributed by atoms with van der Waals surface area (Å²) in [5.41, 5.74) is 4.24. The van der Waals surface area contributed by atoms with Crippen molar-refractivity contribution in [3.05, 3.63) is 100 Å². The number of esters is 1. The zero-order chi connectivity index (χ0) is 17.9. The molecule has 3 aromatic carbocycles. The fourth-order valence-electron chi connectivity index (χ4n) is 2.71. The van der Waals surface area contributed by atoms with Crippen LogP contribution in [-0.2, 0) is 9.53 Å². The monoisotopic (exact) mass is 403 g/mol. The van der Waals surface area contributed by atoms with Crippen molar-refractivity contribution < 1.29 is 9.53 Å². The number of halogens is 1. The second kappa shape index (κ2) is 7.10. The lowest BCUT2D eigenvalue weighted by molar-refractivity contribution is -0.129. The highest BCUT2D eigenvalue weighted by Gasteiger charge is 2.24. The fraction of sp³-hybridized carbons (Fsp3) is 0. The Morgan fingerprint density at radius 3 is 2.23 bits per heavy atom. The van der Waals surface area contributed by atoms with Crippen molar-refractivity contribution in [1.82, 2.24) is 0 Å². The van der Waals surface area contributed by atoms with Gasteiger partial charge in [-0.15, -0.1) is 0 Å². The van der Waals surface area contributed by atoms with Crippen molar-refractivity contribution in [2.45, 2.75) is 0 Å². The van der Waals surface area contributed by atoms with Gasteiger partial charge in [0.25, 0.3) is 0 Å². The number of rotatable bonds is 3. The highest BCUT2D eigenvalue weighted by atomic mass is 79.9. The van der Waals surface area contributed by atoms with E-state index in [-0.39, 0.29) is 0 Å². The molecule has 0 radical (unpaired) electrons. The van der Waals surface area contributed by atoms with Gasteiger partial charge in [0.15, 0.2) is 5.70 Å². The average molecular weight is 404 g/mol. The Morgan fingerprint density at radius 2 is 1.50 bits per heavy atom. The van der Waals surface area contributed by atoms with Crippen molar-refractivity contribution in [2.24, 2.45) is 4.99 Å². The number of nitrogens with zero attached hydrogens (tertiary/aromatic N) is 1. The van der Waals surface area contributed by atoms with E-state index >= 15 is 0 Å². The molecular formula is C22H14BrNO2. The maximum Gasteiger partial charge on any atom is 0.363 e. The lowest BCUT2D eigenvalue weighted by atomic mass is 10.0. The molecule has 0 spiro atoms. The Labute approximate surface area is 159 Å². The van der Waals surface area contributed by atoms with E-state index in [9.17, 15) is 4.79 Å². The number of hydrogen-bond donors (Lipinski definition) is 0. The predicted octanol–water partition coefficient (Wildman–Crippen LogP) is 5.46. The van der Waals surface area contributed by atoms with E-state index < -0.39 is 5.97 Å². The van der Waals surface area contributed by atoms with Crippen LogP contribution in [0.15, 0.2) is 94.0 Å². The Balaban J connectivity index is 1.60. The number of cyclic esters (lactones) is 1. The first-order chi connectivity index (χ1) is 12.7. The van der Waals surface area contributed by atoms with Crippen LogP contribution in [0, 0.1) is 0 Å². The molecule has 1 aliphatic rings. The van der Waals surface area contributed by atoms with Gasteiger partial charge in [-0.05, 0) is 41.0 Å². The molecule has 3 nitrogen and oxygen atoms in total. The molecule has 0 aliphatic carbocycles. The third kappa shape index (κ3) is 3.51. The molecule has 0 saturated heterocycles. The first-order valence-corrected chi connectivity index (χ1v) is 8.92. The maximum absolute atomic E-state index is 12.1. The minimum atomic E-state index is -0.438. The van der Waals surface area contributed by atoms with Gasteiger partial charge in [0, 0.05) is 10.0 Å². The van der Waals surface area contributed by atoms with E-state index in [2.05, 4.69) is 33.1 Å². The maximum atomic E-state index is 12.1. The molecule has 0 atom stereocenters. The van der Waals surface area contributed by atoms with Crippen molar-refractivity contribution >= 4 is 33.9 Å². The normalized spacial score (nSPS) is 15.0. The lowest BCUT2D eigenvalue weighted by Gasteiger charge is -2.01. The Hall–Kier alpha value is -2.98. The van der Waals surface area contributed by atoms with Gasteiger partial charge in [-0.25, -0.2) is 9.79 Å². The molecule has 1 heterocycles. The number of benzene rings is 3. The number of carbonyl (C=O) groups is 1. The molecule has 126 valence electrons. The summed E-state index contributed by atoms with van der Waals surface area (Å²) in [5, 5.41) is 0. The van der Waals surface area contributed by atoms with Crippen LogP contribution >= 0.6 is 15.9 Å². The molecule has 0 fully saturated rings. The molecule has 3 aromatic rings. The van der Waals surface area contributed by atoms with Crippen LogP contribution < -0.4 is 0 Å². The van der Waals surface area contributed by atoms with Gasteiger partial charge in [-0.3, -0.25) is 0 Å². The topological polar surface area (TPSA) is 38.7 Å². The van der Waals surface area contributed by atoms with Gasteiger partial charge in [-0.1, -0.05) is 76.6 Å². The van der Waals surface area contributed by atoms with Crippen LogP contribution in [-0.4, -0.2) is 11.9 Å². The van der Waals surface area contributed by atoms with E-state index in [0.717, 1.165) is 26.7 Å². The number of ether oxygens (including phenoxy) is 1. The second-order valence-electron chi connectivity index (χ2n) is 5.83. The summed E-state index contributed by atoms with van der Waals surface area (Å²) in [4.78, 5) is 16.5. The van der Waals surface area contributed by atoms with E-state index in [1.165, 1.54) is 0 Å². The van der Waals surface area contributed by atoms with Gasteiger partial charge < -0.3 is 4.74 Å². The van der Waals surface area contributed by atoms with Crippen molar-refractivity contribution in [1.29, 1.82) is 0 Å². The van der Waals surface area contributed by atoms with Gasteiger partial charge in [0.2, 0.25) is 5.90 Å². The summed E-state index contributed by atoms with van der Waals surface area (Å²) in [5.74, 6) is -0.115. The van der Waals surface area contributed by atoms with Gasteiger partial charge >= 0.3 is 5.97 Å². The summed E-state index contributed by atoms with van der Waals surface area (Å²) in [6.07, 6.45) is 1.74. The van der Waals surface area contributed by atoms with E-state index in [1.807, 2.05) is 66.7 Å². The van der Waals surface area contributed by atoms with E-state index in [4.69, 9.17) is 4.74 Å². The summed E-state index contributed by atoms with van der Waals surface area (Å²) in [6, 6.07) is 25.6. The predicted molar refractivity (Wildman–Crippen MR) is 107 cm³/mol. The zero-order valence-corrected chi connectivity index (χ0v) is 15.3. The van der Waals surface area contributed by atoms with Crippen molar-refractivity contribution in [2.75, 3.05) is 0 Å². The SMILES string of the molecule is O=C1OC(c2cccc(Br)c2)=N/C1=C\c1ccc(-c2ccccc2)cc1. The number of carbonyl (C=O) groups excluding carboxylic acids is 1. The third-order valence-electron chi connectivity index (χ3n) is 4.01. The number of aliphatic imine (C=N–C) groups is 1. The molecule has 26 heavy (non-hydrogen) atoms. The largest absolute Gasteiger partial charge is 0.402 e. The summed E-state index contributed by atoms with van der Waals surface area (Å²) in [6.45, 7) is 0. The molecule has 0 bridgehead atoms. The van der Waals surface area contributed by atoms with Crippen molar-refractivity contribution in [3.8, 4) is 11.1 Å². The summed E-state index contributed by atoms with van der Waals surface area (Å²) < 4.78 is 6.21. The minimum Gasteiger partial charge on any atom is -0.402 e. The van der Waals surface area contributed by atoms with Crippen LogP contribution in [0.5, 0.6) is 0 Å². The summed E-state index contributed by atoms with van der Waals surface area (Å²) in [7, 11) is 0. The van der Waals surface area contributed by atoms with Crippen LogP contribution in [0.25, 0.3) is 17.2 Å². The van der Waals surface area contributed by atoms with Crippen LogP contribution in [0.2, 0.25) is 0 Å². The standard InChI is InChI=1S/C22H14BrNO2/c23-19-8-4-7-18(14-19)21-24-20(22(25)26-21)13-15-9-11-17(12-10-15)16-5-2-1-3-6-16/h1-14H/b20-13-. The Morgan fingerprint density at radius 1 is 0.808 bits per heavy atom. The van der Waals surface area contributed by atoms with Gasteiger partial charge in [0.05, 0.1) is 0 Å². The average Bonchev–Trinajstić information content (AvgIpc) is 3.04. The molecule has 0 amide bonds. The smallest absolute Gasteiger partial charge is 0.363 e. The molecule has 1 aliphatic heterocycles. The van der Waals surface area contributed by atoms with Crippen LogP contribution in [0.3, 0.4) is 0 Å². The Bertz CT molecular complexity index is 1020.